The molecule has 1 aromatic carbocycles. The van der Waals surface area contributed by atoms with Gasteiger partial charge in [-0.1, -0.05) is 38.1 Å². The van der Waals surface area contributed by atoms with Crippen LogP contribution < -0.4 is 5.32 Å². The predicted octanol–water partition coefficient (Wildman–Crippen LogP) is 5.14. The Morgan fingerprint density at radius 2 is 1.63 bits per heavy atom. The first-order chi connectivity index (χ1) is 9.08. The maximum absolute atomic E-state index is 4.22. The van der Waals surface area contributed by atoms with E-state index in [4.69, 9.17) is 0 Å². The highest BCUT2D eigenvalue weighted by molar-refractivity contribution is 9.10. The van der Waals surface area contributed by atoms with Crippen molar-refractivity contribution in [3.63, 3.8) is 0 Å². The van der Waals surface area contributed by atoms with E-state index in [1.807, 2.05) is 12.1 Å². The van der Waals surface area contributed by atoms with Crippen molar-refractivity contribution < 1.29 is 0 Å². The third-order valence-electron chi connectivity index (χ3n) is 3.23. The van der Waals surface area contributed by atoms with Crippen LogP contribution in [0.25, 0.3) is 0 Å². The molecule has 19 heavy (non-hydrogen) atoms. The number of hydrogen-bond donors (Lipinski definition) is 1. The van der Waals surface area contributed by atoms with E-state index in [0.717, 1.165) is 10.3 Å². The fraction of sp³-hybridized carbons (Fsp3) is 0.312. The van der Waals surface area contributed by atoms with Gasteiger partial charge in [-0.3, -0.25) is 0 Å². The molecule has 1 heterocycles. The molecule has 0 bridgehead atoms. The van der Waals surface area contributed by atoms with Gasteiger partial charge in [0.2, 0.25) is 0 Å². The molecule has 0 spiro atoms. The minimum Gasteiger partial charge on any atom is -0.376 e. The zero-order valence-electron chi connectivity index (χ0n) is 11.5. The number of anilines is 1. The van der Waals surface area contributed by atoms with Crippen LogP contribution in [0, 0.1) is 0 Å². The lowest BCUT2D eigenvalue weighted by molar-refractivity contribution is 0.851. The summed E-state index contributed by atoms with van der Waals surface area (Å²) in [5, 5.41) is 3.47. The van der Waals surface area contributed by atoms with Crippen LogP contribution in [0.1, 0.15) is 43.9 Å². The second-order valence-corrected chi connectivity index (χ2v) is 5.78. The summed E-state index contributed by atoms with van der Waals surface area (Å²) in [6.07, 6.45) is 1.78. The van der Waals surface area contributed by atoms with Crippen molar-refractivity contribution in [3.8, 4) is 0 Å². The Balaban J connectivity index is 2.12. The van der Waals surface area contributed by atoms with Crippen molar-refractivity contribution in [2.24, 2.45) is 0 Å². The molecule has 2 aromatic rings. The Kier molecular flexibility index (Phi) is 4.59. The van der Waals surface area contributed by atoms with E-state index in [-0.39, 0.29) is 6.04 Å². The predicted molar refractivity (Wildman–Crippen MR) is 84.5 cm³/mol. The fourth-order valence-corrected chi connectivity index (χ4v) is 2.34. The molecule has 0 amide bonds. The molecule has 1 N–H and O–H groups in total. The smallest absolute Gasteiger partial charge is 0.129 e. The molecule has 0 saturated carbocycles. The zero-order valence-corrected chi connectivity index (χ0v) is 13.1. The summed E-state index contributed by atoms with van der Waals surface area (Å²) in [4.78, 5) is 4.22. The number of hydrogen-bond acceptors (Lipinski definition) is 2. The highest BCUT2D eigenvalue weighted by Gasteiger charge is 2.08. The van der Waals surface area contributed by atoms with E-state index in [1.54, 1.807) is 6.20 Å². The second kappa shape index (κ2) is 6.20. The van der Waals surface area contributed by atoms with Crippen molar-refractivity contribution in [2.45, 2.75) is 32.7 Å². The quantitative estimate of drug-likeness (QED) is 0.789. The Morgan fingerprint density at radius 3 is 2.21 bits per heavy atom. The Bertz CT molecular complexity index is 535. The van der Waals surface area contributed by atoms with Gasteiger partial charge in [-0.2, -0.15) is 0 Å². The maximum Gasteiger partial charge on any atom is 0.129 e. The highest BCUT2D eigenvalue weighted by Crippen LogP contribution is 2.25. The molecular weight excluding hydrogens is 300 g/mol. The molecule has 0 saturated heterocycles. The average molecular weight is 319 g/mol. The van der Waals surface area contributed by atoms with Gasteiger partial charge >= 0.3 is 0 Å². The molecule has 0 aliphatic rings. The number of nitrogens with zero attached hydrogens (tertiary/aromatic N) is 1. The standard InChI is InChI=1S/C16H19BrN2/c1-11(2)13-6-8-14(9-7-13)12(3)19-15-5-4-10-18-16(15)17/h4-12,19H,1-3H3. The molecule has 0 fully saturated rings. The monoisotopic (exact) mass is 318 g/mol. The van der Waals surface area contributed by atoms with E-state index in [1.165, 1.54) is 11.1 Å². The molecule has 1 aromatic heterocycles. The topological polar surface area (TPSA) is 24.9 Å². The molecule has 0 aliphatic carbocycles. The largest absolute Gasteiger partial charge is 0.376 e. The van der Waals surface area contributed by atoms with Crippen molar-refractivity contribution >= 4 is 21.6 Å². The number of nitrogens with one attached hydrogen (secondary N) is 1. The van der Waals surface area contributed by atoms with Crippen LogP contribution in [0.5, 0.6) is 0 Å². The lowest BCUT2D eigenvalue weighted by Crippen LogP contribution is -2.07. The summed E-state index contributed by atoms with van der Waals surface area (Å²) in [6.45, 7) is 6.58. The molecule has 2 nitrogen and oxygen atoms in total. The van der Waals surface area contributed by atoms with Crippen LogP contribution in [0.2, 0.25) is 0 Å². The van der Waals surface area contributed by atoms with Crippen LogP contribution in [0.4, 0.5) is 5.69 Å². The first kappa shape index (κ1) is 14.1. The van der Waals surface area contributed by atoms with Gasteiger partial charge in [0, 0.05) is 12.2 Å². The summed E-state index contributed by atoms with van der Waals surface area (Å²) in [7, 11) is 0. The molecule has 0 radical (unpaired) electrons. The second-order valence-electron chi connectivity index (χ2n) is 5.03. The summed E-state index contributed by atoms with van der Waals surface area (Å²) >= 11 is 3.45. The van der Waals surface area contributed by atoms with Crippen molar-refractivity contribution in [2.75, 3.05) is 5.32 Å². The molecule has 3 heteroatoms. The number of benzene rings is 1. The lowest BCUT2D eigenvalue weighted by Gasteiger charge is -2.17. The molecule has 1 unspecified atom stereocenters. The third kappa shape index (κ3) is 3.57. The first-order valence-corrected chi connectivity index (χ1v) is 7.34. The van der Waals surface area contributed by atoms with E-state index < -0.39 is 0 Å². The van der Waals surface area contributed by atoms with Gasteiger partial charge in [0.05, 0.1) is 5.69 Å². The van der Waals surface area contributed by atoms with Crippen molar-refractivity contribution in [3.05, 3.63) is 58.3 Å². The van der Waals surface area contributed by atoms with Gasteiger partial charge in [-0.05, 0) is 52.0 Å². The summed E-state index contributed by atoms with van der Waals surface area (Å²) in [6, 6.07) is 13.0. The Labute approximate surface area is 123 Å². The Hall–Kier alpha value is -1.35. The minimum absolute atomic E-state index is 0.252. The van der Waals surface area contributed by atoms with Crippen LogP contribution in [-0.2, 0) is 0 Å². The number of rotatable bonds is 4. The summed E-state index contributed by atoms with van der Waals surface area (Å²) in [5.74, 6) is 0.574. The molecule has 2 rings (SSSR count). The maximum atomic E-state index is 4.22. The van der Waals surface area contributed by atoms with Gasteiger partial charge < -0.3 is 5.32 Å². The average Bonchev–Trinajstić information content (AvgIpc) is 2.41. The first-order valence-electron chi connectivity index (χ1n) is 6.55. The number of aromatic nitrogens is 1. The zero-order chi connectivity index (χ0) is 13.8. The summed E-state index contributed by atoms with van der Waals surface area (Å²) in [5.41, 5.74) is 3.67. The van der Waals surface area contributed by atoms with Crippen molar-refractivity contribution in [1.82, 2.24) is 4.98 Å². The molecule has 1 atom stereocenters. The number of pyridine rings is 1. The summed E-state index contributed by atoms with van der Waals surface area (Å²) < 4.78 is 0.848. The van der Waals surface area contributed by atoms with Crippen molar-refractivity contribution in [1.29, 1.82) is 0 Å². The number of halogens is 1. The lowest BCUT2D eigenvalue weighted by atomic mass is 9.99. The van der Waals surface area contributed by atoms with Gasteiger partial charge in [0.1, 0.15) is 4.60 Å². The third-order valence-corrected chi connectivity index (χ3v) is 3.87. The van der Waals surface area contributed by atoms with E-state index in [2.05, 4.69) is 71.3 Å². The fourth-order valence-electron chi connectivity index (χ4n) is 1.98. The minimum atomic E-state index is 0.252. The normalized spacial score (nSPS) is 12.5. The van der Waals surface area contributed by atoms with Crippen LogP contribution in [0.3, 0.4) is 0 Å². The van der Waals surface area contributed by atoms with Crippen LogP contribution >= 0.6 is 15.9 Å². The van der Waals surface area contributed by atoms with E-state index in [0.29, 0.717) is 5.92 Å². The van der Waals surface area contributed by atoms with Gasteiger partial charge in [0.15, 0.2) is 0 Å². The van der Waals surface area contributed by atoms with Gasteiger partial charge in [-0.15, -0.1) is 0 Å². The van der Waals surface area contributed by atoms with E-state index in [9.17, 15) is 0 Å². The highest BCUT2D eigenvalue weighted by atomic mass is 79.9. The van der Waals surface area contributed by atoms with E-state index >= 15 is 0 Å². The Morgan fingerprint density at radius 1 is 1.00 bits per heavy atom. The van der Waals surface area contributed by atoms with Crippen LogP contribution in [-0.4, -0.2) is 4.98 Å². The molecule has 0 aliphatic heterocycles. The SMILES string of the molecule is CC(C)c1ccc(C(C)Nc2cccnc2Br)cc1. The molecule has 100 valence electrons. The molecular formula is C16H19BrN2. The van der Waals surface area contributed by atoms with Gasteiger partial charge in [0.25, 0.3) is 0 Å². The van der Waals surface area contributed by atoms with Gasteiger partial charge in [-0.25, -0.2) is 4.98 Å². The van der Waals surface area contributed by atoms with Crippen LogP contribution in [0.15, 0.2) is 47.2 Å².